The van der Waals surface area contributed by atoms with Gasteiger partial charge < -0.3 is 37.9 Å². The van der Waals surface area contributed by atoms with Crippen LogP contribution in [0.15, 0.2) is 146 Å². The molecule has 5 rings (SSSR count). The molecule has 0 bridgehead atoms. The zero-order valence-corrected chi connectivity index (χ0v) is 41.2. The number of fused-ring (bicyclic) bond motifs is 1. The topological polar surface area (TPSA) is 184 Å². The molecule has 0 spiro atoms. The van der Waals surface area contributed by atoms with Crippen molar-refractivity contribution in [2.24, 2.45) is 5.10 Å². The Bertz CT molecular complexity index is 2620. The van der Waals surface area contributed by atoms with Gasteiger partial charge in [0.15, 0.2) is 11.5 Å². The fraction of sp³-hybridized carbons (Fsp3) is 0.310. The quantitative estimate of drug-likeness (QED) is 0.00781. The molecule has 0 aromatic heterocycles. The highest BCUT2D eigenvalue weighted by atomic mass is 16.6. The number of anilines is 1. The first-order chi connectivity index (χ1) is 35.7. The van der Waals surface area contributed by atoms with Gasteiger partial charge in [-0.15, -0.1) is 0 Å². The van der Waals surface area contributed by atoms with Crippen LogP contribution in [0.4, 0.5) is 5.69 Å². The van der Waals surface area contributed by atoms with E-state index in [-0.39, 0.29) is 41.6 Å². The largest absolute Gasteiger partial charge is 0.494 e. The second kappa shape index (κ2) is 31.9. The van der Waals surface area contributed by atoms with Crippen molar-refractivity contribution in [1.82, 2.24) is 0 Å². The van der Waals surface area contributed by atoms with E-state index in [2.05, 4.69) is 30.3 Å². The second-order valence-corrected chi connectivity index (χ2v) is 16.5. The lowest BCUT2D eigenvalue weighted by Gasteiger charge is -2.16. The van der Waals surface area contributed by atoms with E-state index < -0.39 is 29.8 Å². The molecule has 5 aromatic carbocycles. The summed E-state index contributed by atoms with van der Waals surface area (Å²) in [4.78, 5) is 61.5. The standard InChI is InChI=1S/C58H64N2O13/c1-4-54(61)69-37-18-10-7-15-34-66-47-30-26-44(27-31-47)57(64)72-51-41-52(68-36-17-9-12-20-39-71-56(63)6-3)53(40-46(51)42-59-60-50-25-21-23-43-22-13-14-24-49(43)50)73-58(65)45-28-32-48(33-29-45)67-35-16-8-11-19-38-70-55(62)5-2/h4-6,13-14,21-33,40-42,60H,1-3,7-12,15-20,34-39H2/b59-42+. The summed E-state index contributed by atoms with van der Waals surface area (Å²) in [5.41, 5.74) is 4.64. The number of hydrogen-bond acceptors (Lipinski definition) is 15. The number of ether oxygens (including phenoxy) is 8. The third kappa shape index (κ3) is 20.2. The summed E-state index contributed by atoms with van der Waals surface area (Å²) in [5, 5.41) is 6.48. The van der Waals surface area contributed by atoms with Crippen molar-refractivity contribution in [2.75, 3.05) is 45.1 Å². The predicted molar refractivity (Wildman–Crippen MR) is 280 cm³/mol. The maximum absolute atomic E-state index is 13.8. The molecule has 0 aliphatic carbocycles. The molecule has 0 aliphatic heterocycles. The van der Waals surface area contributed by atoms with E-state index in [9.17, 15) is 24.0 Å². The van der Waals surface area contributed by atoms with Crippen molar-refractivity contribution in [1.29, 1.82) is 0 Å². The third-order valence-corrected chi connectivity index (χ3v) is 11.0. The zero-order chi connectivity index (χ0) is 51.9. The van der Waals surface area contributed by atoms with Crippen molar-refractivity contribution in [3.05, 3.63) is 158 Å². The van der Waals surface area contributed by atoms with Gasteiger partial charge >= 0.3 is 29.8 Å². The number of carbonyl (C=O) groups excluding carboxylic acids is 5. The Morgan fingerprint density at radius 1 is 0.452 bits per heavy atom. The van der Waals surface area contributed by atoms with Crippen molar-refractivity contribution in [2.45, 2.75) is 77.0 Å². The van der Waals surface area contributed by atoms with Crippen LogP contribution in [0, 0.1) is 0 Å². The summed E-state index contributed by atoms with van der Waals surface area (Å²) in [6.07, 6.45) is 14.3. The highest BCUT2D eigenvalue weighted by Crippen LogP contribution is 2.36. The Kier molecular flexibility index (Phi) is 24.4. The van der Waals surface area contributed by atoms with Crippen LogP contribution in [-0.2, 0) is 28.6 Å². The van der Waals surface area contributed by atoms with Gasteiger partial charge in [-0.05, 0) is 143 Å². The van der Waals surface area contributed by atoms with Crippen LogP contribution in [0.5, 0.6) is 28.7 Å². The van der Waals surface area contributed by atoms with Crippen LogP contribution in [0.1, 0.15) is 103 Å². The first-order valence-electron chi connectivity index (χ1n) is 24.5. The van der Waals surface area contributed by atoms with Crippen LogP contribution >= 0.6 is 0 Å². The van der Waals surface area contributed by atoms with Crippen molar-refractivity contribution in [3.8, 4) is 28.7 Å². The number of hydrogen-bond donors (Lipinski definition) is 1. The van der Waals surface area contributed by atoms with Gasteiger partial charge in [0.05, 0.1) is 62.7 Å². The summed E-state index contributed by atoms with van der Waals surface area (Å²) >= 11 is 0. The summed E-state index contributed by atoms with van der Waals surface area (Å²) in [6.45, 7) is 12.3. The molecule has 0 unspecified atom stereocenters. The molecule has 0 atom stereocenters. The average Bonchev–Trinajstić information content (AvgIpc) is 3.41. The van der Waals surface area contributed by atoms with Crippen molar-refractivity contribution < 1.29 is 61.9 Å². The minimum Gasteiger partial charge on any atom is -0.494 e. The molecule has 5 aromatic rings. The number of carbonyl (C=O) groups is 5. The Morgan fingerprint density at radius 3 is 1.38 bits per heavy atom. The predicted octanol–water partition coefficient (Wildman–Crippen LogP) is 11.7. The number of benzene rings is 5. The van der Waals surface area contributed by atoms with Crippen LogP contribution in [0.25, 0.3) is 10.8 Å². The minimum atomic E-state index is -0.669. The van der Waals surface area contributed by atoms with Crippen LogP contribution < -0.4 is 29.1 Å². The van der Waals surface area contributed by atoms with E-state index in [1.807, 2.05) is 42.5 Å². The fourth-order valence-electron chi connectivity index (χ4n) is 7.06. The van der Waals surface area contributed by atoms with E-state index in [0.29, 0.717) is 56.3 Å². The maximum Gasteiger partial charge on any atom is 0.343 e. The van der Waals surface area contributed by atoms with Gasteiger partial charge in [0.1, 0.15) is 17.2 Å². The van der Waals surface area contributed by atoms with Gasteiger partial charge in [-0.25, -0.2) is 24.0 Å². The number of esters is 5. The van der Waals surface area contributed by atoms with Gasteiger partial charge in [0, 0.05) is 35.2 Å². The number of nitrogens with zero attached hydrogens (tertiary/aromatic N) is 1. The first kappa shape index (κ1) is 55.7. The molecule has 0 radical (unpaired) electrons. The van der Waals surface area contributed by atoms with Gasteiger partial charge in [0.2, 0.25) is 0 Å². The molecular formula is C58H64N2O13. The molecule has 0 saturated carbocycles. The number of hydrazone groups is 1. The molecular weight excluding hydrogens is 933 g/mol. The monoisotopic (exact) mass is 996 g/mol. The Hall–Kier alpha value is -8.20. The third-order valence-electron chi connectivity index (χ3n) is 11.0. The molecule has 1 N–H and O–H groups in total. The van der Waals surface area contributed by atoms with E-state index >= 15 is 0 Å². The molecule has 0 aliphatic rings. The van der Waals surface area contributed by atoms with Gasteiger partial charge in [-0.1, -0.05) is 56.1 Å². The lowest BCUT2D eigenvalue weighted by molar-refractivity contribution is -0.138. The van der Waals surface area contributed by atoms with Gasteiger partial charge in [0.25, 0.3) is 0 Å². The van der Waals surface area contributed by atoms with Gasteiger partial charge in [-0.3, -0.25) is 5.43 Å². The summed E-state index contributed by atoms with van der Waals surface area (Å²) in [6, 6.07) is 29.9. The van der Waals surface area contributed by atoms with Gasteiger partial charge in [-0.2, -0.15) is 5.10 Å². The van der Waals surface area contributed by atoms with E-state index in [0.717, 1.165) is 98.9 Å². The summed E-state index contributed by atoms with van der Waals surface area (Å²) < 4.78 is 45.2. The fourth-order valence-corrected chi connectivity index (χ4v) is 7.06. The Labute approximate surface area is 426 Å². The highest BCUT2D eigenvalue weighted by molar-refractivity contribution is 5.96. The lowest BCUT2D eigenvalue weighted by Crippen LogP contribution is -2.13. The molecule has 0 saturated heterocycles. The smallest absolute Gasteiger partial charge is 0.343 e. The minimum absolute atomic E-state index is 0.0602. The molecule has 15 heteroatoms. The van der Waals surface area contributed by atoms with E-state index in [1.165, 1.54) is 18.3 Å². The SMILES string of the molecule is C=CC(=O)OCCCCCCOc1ccc(C(=O)Oc2cc(OCCCCCCOC(=O)C=C)c(OC(=O)c3ccc(OCCCCCCOC(=O)C=C)cc3)cc2/C=N/Nc2cccc3ccccc23)cc1. The zero-order valence-electron chi connectivity index (χ0n) is 41.2. The van der Waals surface area contributed by atoms with E-state index in [4.69, 9.17) is 37.9 Å². The Morgan fingerprint density at radius 2 is 0.890 bits per heavy atom. The van der Waals surface area contributed by atoms with Crippen LogP contribution in [0.3, 0.4) is 0 Å². The normalized spacial score (nSPS) is 10.7. The molecule has 0 amide bonds. The molecule has 384 valence electrons. The summed E-state index contributed by atoms with van der Waals surface area (Å²) in [7, 11) is 0. The second-order valence-electron chi connectivity index (χ2n) is 16.5. The van der Waals surface area contributed by atoms with Crippen molar-refractivity contribution in [3.63, 3.8) is 0 Å². The molecule has 0 heterocycles. The first-order valence-corrected chi connectivity index (χ1v) is 24.5. The molecule has 15 nitrogen and oxygen atoms in total. The highest BCUT2D eigenvalue weighted by Gasteiger charge is 2.20. The molecule has 73 heavy (non-hydrogen) atoms. The van der Waals surface area contributed by atoms with Crippen LogP contribution in [-0.4, -0.2) is 75.7 Å². The maximum atomic E-state index is 13.8. The average molecular weight is 997 g/mol. The number of nitrogens with one attached hydrogen (secondary N) is 1. The molecule has 0 fully saturated rings. The Balaban J connectivity index is 1.31. The lowest BCUT2D eigenvalue weighted by atomic mass is 10.1. The summed E-state index contributed by atoms with van der Waals surface area (Å²) in [5.74, 6) is -1.20. The van der Waals surface area contributed by atoms with Crippen LogP contribution in [0.2, 0.25) is 0 Å². The number of unbranched alkanes of at least 4 members (excludes halogenated alkanes) is 9. The van der Waals surface area contributed by atoms with E-state index in [1.54, 1.807) is 48.5 Å². The number of rotatable bonds is 34. The van der Waals surface area contributed by atoms with Crippen molar-refractivity contribution >= 4 is 52.5 Å².